The summed E-state index contributed by atoms with van der Waals surface area (Å²) < 4.78 is 0. The fraction of sp³-hybridized carbons (Fsp3) is 0.857. The molecule has 3 fully saturated rings. The van der Waals surface area contributed by atoms with E-state index in [0.29, 0.717) is 12.5 Å². The van der Waals surface area contributed by atoms with Crippen LogP contribution in [0.2, 0.25) is 0 Å². The van der Waals surface area contributed by atoms with Gasteiger partial charge in [0.05, 0.1) is 6.42 Å². The molecule has 19 heavy (non-hydrogen) atoms. The summed E-state index contributed by atoms with van der Waals surface area (Å²) in [5.41, 5.74) is 0. The lowest BCUT2D eigenvalue weighted by atomic mass is 10.0. The van der Waals surface area contributed by atoms with Gasteiger partial charge in [0.2, 0.25) is 5.91 Å². The topological polar surface area (TPSA) is 60.9 Å². The van der Waals surface area contributed by atoms with E-state index in [-0.39, 0.29) is 12.3 Å². The van der Waals surface area contributed by atoms with Crippen LogP contribution in [-0.4, -0.2) is 59.5 Å². The summed E-state index contributed by atoms with van der Waals surface area (Å²) in [6.07, 6.45) is 3.78. The third-order valence-corrected chi connectivity index (χ3v) is 4.92. The van der Waals surface area contributed by atoms with Crippen LogP contribution in [0, 0.1) is 17.8 Å². The van der Waals surface area contributed by atoms with Crippen molar-refractivity contribution in [3.8, 4) is 0 Å². The molecule has 5 heteroatoms. The van der Waals surface area contributed by atoms with Gasteiger partial charge in [0, 0.05) is 38.6 Å². The molecule has 0 aromatic carbocycles. The molecule has 1 N–H and O–H groups in total. The number of hydrogen-bond acceptors (Lipinski definition) is 3. The van der Waals surface area contributed by atoms with Crippen LogP contribution in [0.4, 0.5) is 0 Å². The first-order valence-corrected chi connectivity index (χ1v) is 7.36. The molecule has 0 aromatic heterocycles. The SMILES string of the molecule is O=C(O)CCN1CCN(C(=O)C2CC3CC3C2)CC1. The second-order valence-corrected chi connectivity index (χ2v) is 6.23. The van der Waals surface area contributed by atoms with Crippen LogP contribution in [0.1, 0.15) is 25.7 Å². The van der Waals surface area contributed by atoms with Crippen LogP contribution >= 0.6 is 0 Å². The maximum absolute atomic E-state index is 12.4. The van der Waals surface area contributed by atoms with E-state index in [1.807, 2.05) is 4.90 Å². The highest BCUT2D eigenvalue weighted by molar-refractivity contribution is 5.79. The Morgan fingerprint density at radius 2 is 1.63 bits per heavy atom. The van der Waals surface area contributed by atoms with E-state index in [0.717, 1.165) is 50.9 Å². The van der Waals surface area contributed by atoms with Crippen LogP contribution in [0.25, 0.3) is 0 Å². The second-order valence-electron chi connectivity index (χ2n) is 6.23. The highest BCUT2D eigenvalue weighted by Gasteiger charge is 2.48. The second kappa shape index (κ2) is 5.12. The van der Waals surface area contributed by atoms with Gasteiger partial charge in [-0.25, -0.2) is 0 Å². The lowest BCUT2D eigenvalue weighted by Crippen LogP contribution is -2.50. The highest BCUT2D eigenvalue weighted by atomic mass is 16.4. The summed E-state index contributed by atoms with van der Waals surface area (Å²) in [4.78, 5) is 27.0. The molecule has 3 rings (SSSR count). The van der Waals surface area contributed by atoms with E-state index in [1.165, 1.54) is 6.42 Å². The van der Waals surface area contributed by atoms with Gasteiger partial charge in [0.25, 0.3) is 0 Å². The molecule has 1 aliphatic heterocycles. The number of carboxylic acids is 1. The number of rotatable bonds is 4. The van der Waals surface area contributed by atoms with Crippen LogP contribution in [0.5, 0.6) is 0 Å². The number of nitrogens with zero attached hydrogens (tertiary/aromatic N) is 2. The zero-order chi connectivity index (χ0) is 13.4. The molecule has 2 atom stereocenters. The van der Waals surface area contributed by atoms with Crippen molar-refractivity contribution < 1.29 is 14.7 Å². The quantitative estimate of drug-likeness (QED) is 0.811. The zero-order valence-electron chi connectivity index (χ0n) is 11.3. The first-order valence-electron chi connectivity index (χ1n) is 7.36. The van der Waals surface area contributed by atoms with Gasteiger partial charge < -0.3 is 10.0 Å². The first-order chi connectivity index (χ1) is 9.13. The molecule has 2 saturated carbocycles. The van der Waals surface area contributed by atoms with Crippen molar-refractivity contribution in [1.29, 1.82) is 0 Å². The largest absolute Gasteiger partial charge is 0.481 e. The lowest BCUT2D eigenvalue weighted by molar-refractivity contribution is -0.139. The number of piperazine rings is 1. The fourth-order valence-corrected chi connectivity index (χ4v) is 3.62. The van der Waals surface area contributed by atoms with E-state index in [2.05, 4.69) is 4.90 Å². The molecule has 1 heterocycles. The summed E-state index contributed by atoms with van der Waals surface area (Å²) in [6.45, 7) is 3.77. The normalized spacial score (nSPS) is 34.1. The smallest absolute Gasteiger partial charge is 0.304 e. The summed E-state index contributed by atoms with van der Waals surface area (Å²) in [5.74, 6) is 1.60. The standard InChI is InChI=1S/C14H22N2O3/c17-13(18)1-2-15-3-5-16(6-4-15)14(19)12-8-10-7-11(10)9-12/h10-12H,1-9H2,(H,17,18). The molecule has 3 aliphatic rings. The summed E-state index contributed by atoms with van der Waals surface area (Å²) >= 11 is 0. The summed E-state index contributed by atoms with van der Waals surface area (Å²) in [6, 6.07) is 0. The van der Waals surface area contributed by atoms with Crippen molar-refractivity contribution in [1.82, 2.24) is 9.80 Å². The summed E-state index contributed by atoms with van der Waals surface area (Å²) in [5, 5.41) is 8.67. The molecule has 1 amide bonds. The molecule has 1 saturated heterocycles. The van der Waals surface area contributed by atoms with Crippen molar-refractivity contribution in [2.75, 3.05) is 32.7 Å². The van der Waals surface area contributed by atoms with Gasteiger partial charge in [-0.2, -0.15) is 0 Å². The molecule has 2 aliphatic carbocycles. The van der Waals surface area contributed by atoms with Crippen LogP contribution in [-0.2, 0) is 9.59 Å². The number of carbonyl (C=O) groups excluding carboxylic acids is 1. The predicted octanol–water partition coefficient (Wildman–Crippen LogP) is 0.651. The molecular weight excluding hydrogens is 244 g/mol. The number of hydrogen-bond donors (Lipinski definition) is 1. The maximum Gasteiger partial charge on any atom is 0.304 e. The van der Waals surface area contributed by atoms with Crippen molar-refractivity contribution >= 4 is 11.9 Å². The molecule has 0 spiro atoms. The maximum atomic E-state index is 12.4. The number of aliphatic carboxylic acids is 1. The van der Waals surface area contributed by atoms with Gasteiger partial charge in [-0.15, -0.1) is 0 Å². The number of amides is 1. The Morgan fingerprint density at radius 3 is 2.21 bits per heavy atom. The van der Waals surface area contributed by atoms with E-state index < -0.39 is 5.97 Å². The number of carboxylic acid groups (broad SMARTS) is 1. The van der Waals surface area contributed by atoms with Gasteiger partial charge in [0.15, 0.2) is 0 Å². The van der Waals surface area contributed by atoms with E-state index in [1.54, 1.807) is 0 Å². The average Bonchev–Trinajstić information content (AvgIpc) is 3.03. The highest BCUT2D eigenvalue weighted by Crippen LogP contribution is 2.54. The Hall–Kier alpha value is -1.10. The lowest BCUT2D eigenvalue weighted by Gasteiger charge is -2.36. The molecule has 5 nitrogen and oxygen atoms in total. The average molecular weight is 266 g/mol. The van der Waals surface area contributed by atoms with Gasteiger partial charge in [-0.05, 0) is 31.1 Å². The van der Waals surface area contributed by atoms with Crippen LogP contribution in [0.3, 0.4) is 0 Å². The molecule has 0 bridgehead atoms. The van der Waals surface area contributed by atoms with Crippen molar-refractivity contribution in [2.45, 2.75) is 25.7 Å². The molecule has 2 unspecified atom stereocenters. The van der Waals surface area contributed by atoms with Crippen LogP contribution in [0.15, 0.2) is 0 Å². The minimum absolute atomic E-state index is 0.194. The van der Waals surface area contributed by atoms with E-state index in [4.69, 9.17) is 5.11 Å². The Kier molecular flexibility index (Phi) is 3.48. The van der Waals surface area contributed by atoms with E-state index in [9.17, 15) is 9.59 Å². The zero-order valence-corrected chi connectivity index (χ0v) is 11.3. The Labute approximate surface area is 113 Å². The fourth-order valence-electron chi connectivity index (χ4n) is 3.62. The molecule has 106 valence electrons. The molecule has 0 aromatic rings. The van der Waals surface area contributed by atoms with Gasteiger partial charge in [-0.3, -0.25) is 14.5 Å². The van der Waals surface area contributed by atoms with Crippen LogP contribution < -0.4 is 0 Å². The van der Waals surface area contributed by atoms with Gasteiger partial charge in [-0.1, -0.05) is 0 Å². The third kappa shape index (κ3) is 2.91. The van der Waals surface area contributed by atoms with Gasteiger partial charge >= 0.3 is 5.97 Å². The Balaban J connectivity index is 1.42. The Morgan fingerprint density at radius 1 is 1.00 bits per heavy atom. The van der Waals surface area contributed by atoms with Crippen molar-refractivity contribution in [2.24, 2.45) is 17.8 Å². The minimum Gasteiger partial charge on any atom is -0.481 e. The predicted molar refractivity (Wildman–Crippen MR) is 69.6 cm³/mol. The third-order valence-electron chi connectivity index (χ3n) is 4.92. The summed E-state index contributed by atoms with van der Waals surface area (Å²) in [7, 11) is 0. The molecular formula is C14H22N2O3. The van der Waals surface area contributed by atoms with Crippen molar-refractivity contribution in [3.63, 3.8) is 0 Å². The minimum atomic E-state index is -0.747. The van der Waals surface area contributed by atoms with Gasteiger partial charge in [0.1, 0.15) is 0 Å². The number of carbonyl (C=O) groups is 2. The number of fused-ring (bicyclic) bond motifs is 1. The van der Waals surface area contributed by atoms with E-state index >= 15 is 0 Å². The first kappa shape index (κ1) is 12.9. The monoisotopic (exact) mass is 266 g/mol. The Bertz CT molecular complexity index is 367. The van der Waals surface area contributed by atoms with Crippen molar-refractivity contribution in [3.05, 3.63) is 0 Å². The molecule has 0 radical (unpaired) electrons.